The van der Waals surface area contributed by atoms with Crippen molar-refractivity contribution in [2.75, 3.05) is 18.0 Å². The van der Waals surface area contributed by atoms with Crippen molar-refractivity contribution >= 4 is 5.82 Å². The van der Waals surface area contributed by atoms with E-state index >= 15 is 0 Å². The van der Waals surface area contributed by atoms with Crippen LogP contribution in [0.5, 0.6) is 0 Å². The molecule has 1 saturated heterocycles. The molecule has 0 unspecified atom stereocenters. The van der Waals surface area contributed by atoms with Crippen molar-refractivity contribution in [1.82, 2.24) is 9.97 Å². The highest BCUT2D eigenvalue weighted by molar-refractivity contribution is 5.46. The van der Waals surface area contributed by atoms with Gasteiger partial charge in [-0.2, -0.15) is 0 Å². The van der Waals surface area contributed by atoms with E-state index in [-0.39, 0.29) is 0 Å². The zero-order chi connectivity index (χ0) is 11.4. The highest BCUT2D eigenvalue weighted by atomic mass is 15.2. The molecule has 2 N–H and O–H groups in total. The zero-order valence-corrected chi connectivity index (χ0v) is 9.95. The molecule has 0 atom stereocenters. The van der Waals surface area contributed by atoms with Gasteiger partial charge >= 0.3 is 0 Å². The van der Waals surface area contributed by atoms with Crippen molar-refractivity contribution in [1.29, 1.82) is 0 Å². The fraction of sp³-hybridized carbons (Fsp3) is 0.667. The van der Waals surface area contributed by atoms with Gasteiger partial charge < -0.3 is 10.6 Å². The predicted octanol–water partition coefficient (Wildman–Crippen LogP) is 1.62. The van der Waals surface area contributed by atoms with Gasteiger partial charge in [0.25, 0.3) is 0 Å². The Bertz CT molecular complexity index is 343. The van der Waals surface area contributed by atoms with Crippen molar-refractivity contribution in [3.8, 4) is 0 Å². The lowest BCUT2D eigenvalue weighted by molar-refractivity contribution is 0.726. The Morgan fingerprint density at radius 3 is 2.56 bits per heavy atom. The number of hydrogen-bond acceptors (Lipinski definition) is 4. The van der Waals surface area contributed by atoms with E-state index in [1.54, 1.807) is 0 Å². The first kappa shape index (κ1) is 11.3. The molecule has 0 amide bonds. The average molecular weight is 220 g/mol. The van der Waals surface area contributed by atoms with E-state index in [2.05, 4.69) is 14.9 Å². The quantitative estimate of drug-likeness (QED) is 0.823. The summed E-state index contributed by atoms with van der Waals surface area (Å²) in [5.41, 5.74) is 6.80. The Labute approximate surface area is 96.9 Å². The maximum Gasteiger partial charge on any atom is 0.136 e. The fourth-order valence-electron chi connectivity index (χ4n) is 2.18. The summed E-state index contributed by atoms with van der Waals surface area (Å²) in [6.45, 7) is 4.65. The van der Waals surface area contributed by atoms with E-state index in [4.69, 9.17) is 5.73 Å². The molecule has 88 valence electrons. The van der Waals surface area contributed by atoms with Gasteiger partial charge in [0.05, 0.1) is 0 Å². The average Bonchev–Trinajstić information content (AvgIpc) is 2.57. The minimum Gasteiger partial charge on any atom is -0.356 e. The summed E-state index contributed by atoms with van der Waals surface area (Å²) in [7, 11) is 0. The summed E-state index contributed by atoms with van der Waals surface area (Å²) < 4.78 is 0. The molecule has 1 aromatic heterocycles. The summed E-state index contributed by atoms with van der Waals surface area (Å²) in [5.74, 6) is 1.88. The van der Waals surface area contributed by atoms with Crippen LogP contribution in [-0.2, 0) is 6.54 Å². The van der Waals surface area contributed by atoms with E-state index in [0.29, 0.717) is 6.54 Å². The molecule has 0 radical (unpaired) electrons. The largest absolute Gasteiger partial charge is 0.356 e. The lowest BCUT2D eigenvalue weighted by Crippen LogP contribution is -2.27. The molecule has 0 spiro atoms. The second kappa shape index (κ2) is 5.25. The molecule has 4 heteroatoms. The molecule has 1 fully saturated rings. The number of nitrogens with zero attached hydrogens (tertiary/aromatic N) is 3. The summed E-state index contributed by atoms with van der Waals surface area (Å²) in [6.07, 6.45) is 7.04. The van der Waals surface area contributed by atoms with Gasteiger partial charge in [-0.05, 0) is 19.8 Å². The molecule has 0 bridgehead atoms. The SMILES string of the molecule is Cc1ncc(CN)c(N2CCCCCC2)n1. The monoisotopic (exact) mass is 220 g/mol. The third kappa shape index (κ3) is 2.50. The van der Waals surface area contributed by atoms with Crippen LogP contribution in [0.15, 0.2) is 6.20 Å². The lowest BCUT2D eigenvalue weighted by Gasteiger charge is -2.23. The molecule has 1 aromatic rings. The number of anilines is 1. The summed E-state index contributed by atoms with van der Waals surface area (Å²) in [4.78, 5) is 11.1. The first-order valence-corrected chi connectivity index (χ1v) is 6.09. The molecule has 2 rings (SSSR count). The molecule has 1 aliphatic rings. The van der Waals surface area contributed by atoms with Crippen LogP contribution in [0, 0.1) is 6.92 Å². The third-order valence-corrected chi connectivity index (χ3v) is 3.09. The Kier molecular flexibility index (Phi) is 3.72. The minimum absolute atomic E-state index is 0.520. The topological polar surface area (TPSA) is 55.0 Å². The van der Waals surface area contributed by atoms with Gasteiger partial charge in [-0.1, -0.05) is 12.8 Å². The molecule has 0 saturated carbocycles. The maximum atomic E-state index is 5.74. The number of aryl methyl sites for hydroxylation is 1. The molecular formula is C12H20N4. The fourth-order valence-corrected chi connectivity index (χ4v) is 2.18. The van der Waals surface area contributed by atoms with Gasteiger partial charge in [0.2, 0.25) is 0 Å². The van der Waals surface area contributed by atoms with Crippen LogP contribution in [0.4, 0.5) is 5.82 Å². The smallest absolute Gasteiger partial charge is 0.136 e. The molecular weight excluding hydrogens is 200 g/mol. The van der Waals surface area contributed by atoms with Gasteiger partial charge in [-0.15, -0.1) is 0 Å². The number of rotatable bonds is 2. The maximum absolute atomic E-state index is 5.74. The van der Waals surface area contributed by atoms with Crippen LogP contribution < -0.4 is 10.6 Å². The van der Waals surface area contributed by atoms with Gasteiger partial charge in [0.1, 0.15) is 11.6 Å². The van der Waals surface area contributed by atoms with E-state index < -0.39 is 0 Å². The molecule has 2 heterocycles. The van der Waals surface area contributed by atoms with E-state index in [0.717, 1.165) is 30.3 Å². The van der Waals surface area contributed by atoms with Crippen LogP contribution >= 0.6 is 0 Å². The number of nitrogens with two attached hydrogens (primary N) is 1. The first-order valence-electron chi connectivity index (χ1n) is 6.09. The van der Waals surface area contributed by atoms with Gasteiger partial charge in [-0.25, -0.2) is 9.97 Å². The molecule has 0 aliphatic carbocycles. The minimum atomic E-state index is 0.520. The highest BCUT2D eigenvalue weighted by Crippen LogP contribution is 2.20. The third-order valence-electron chi connectivity index (χ3n) is 3.09. The van der Waals surface area contributed by atoms with Crippen molar-refractivity contribution in [2.24, 2.45) is 5.73 Å². The van der Waals surface area contributed by atoms with Crippen molar-refractivity contribution in [3.05, 3.63) is 17.6 Å². The van der Waals surface area contributed by atoms with Crippen molar-refractivity contribution in [2.45, 2.75) is 39.2 Å². The van der Waals surface area contributed by atoms with Crippen LogP contribution in [-0.4, -0.2) is 23.1 Å². The lowest BCUT2D eigenvalue weighted by atomic mass is 10.2. The standard InChI is InChI=1S/C12H20N4/c1-10-14-9-11(8-13)12(15-10)16-6-4-2-3-5-7-16/h9H,2-8,13H2,1H3. The normalized spacial score (nSPS) is 17.2. The van der Waals surface area contributed by atoms with Crippen LogP contribution in [0.2, 0.25) is 0 Å². The van der Waals surface area contributed by atoms with Gasteiger partial charge in [-0.3, -0.25) is 0 Å². The second-order valence-electron chi connectivity index (χ2n) is 4.37. The highest BCUT2D eigenvalue weighted by Gasteiger charge is 2.14. The number of aromatic nitrogens is 2. The molecule has 1 aliphatic heterocycles. The zero-order valence-electron chi connectivity index (χ0n) is 9.95. The Balaban J connectivity index is 2.25. The van der Waals surface area contributed by atoms with E-state index in [1.165, 1.54) is 25.7 Å². The van der Waals surface area contributed by atoms with Gasteiger partial charge in [0.15, 0.2) is 0 Å². The first-order chi connectivity index (χ1) is 7.81. The van der Waals surface area contributed by atoms with Gasteiger partial charge in [0, 0.05) is 31.4 Å². The molecule has 0 aromatic carbocycles. The van der Waals surface area contributed by atoms with E-state index in [9.17, 15) is 0 Å². The summed E-state index contributed by atoms with van der Waals surface area (Å²) in [6, 6.07) is 0. The summed E-state index contributed by atoms with van der Waals surface area (Å²) >= 11 is 0. The Morgan fingerprint density at radius 2 is 1.94 bits per heavy atom. The predicted molar refractivity (Wildman–Crippen MR) is 65.3 cm³/mol. The second-order valence-corrected chi connectivity index (χ2v) is 4.37. The number of hydrogen-bond donors (Lipinski definition) is 1. The summed E-state index contributed by atoms with van der Waals surface area (Å²) in [5, 5.41) is 0. The van der Waals surface area contributed by atoms with Crippen LogP contribution in [0.25, 0.3) is 0 Å². The van der Waals surface area contributed by atoms with Crippen molar-refractivity contribution < 1.29 is 0 Å². The van der Waals surface area contributed by atoms with E-state index in [1.807, 2.05) is 13.1 Å². The van der Waals surface area contributed by atoms with Crippen LogP contribution in [0.1, 0.15) is 37.1 Å². The molecule has 16 heavy (non-hydrogen) atoms. The Hall–Kier alpha value is -1.16. The Morgan fingerprint density at radius 1 is 1.25 bits per heavy atom. The van der Waals surface area contributed by atoms with Crippen LogP contribution in [0.3, 0.4) is 0 Å². The molecule has 4 nitrogen and oxygen atoms in total. The van der Waals surface area contributed by atoms with Crippen molar-refractivity contribution in [3.63, 3.8) is 0 Å².